The normalized spacial score (nSPS) is 11.3. The first kappa shape index (κ1) is 21.6. The standard InChI is InChI=1S/C22H19ClFN5O3/c1-13(2)29(10-19-26-27-21(32-19)14-3-5-15(23)6-4-14)20(30)11-28-12-25-18-8-7-16(24)9-17(18)22(28)31/h3-9,12-13H,10-11H2,1-2H3. The summed E-state index contributed by atoms with van der Waals surface area (Å²) in [5.74, 6) is -0.323. The fourth-order valence-corrected chi connectivity index (χ4v) is 3.34. The number of hydrogen-bond donors (Lipinski definition) is 0. The molecule has 0 atom stereocenters. The molecule has 4 aromatic rings. The maximum Gasteiger partial charge on any atom is 0.261 e. The highest BCUT2D eigenvalue weighted by atomic mass is 35.5. The first-order valence-electron chi connectivity index (χ1n) is 9.84. The lowest BCUT2D eigenvalue weighted by atomic mass is 10.2. The number of aromatic nitrogens is 4. The Labute approximate surface area is 187 Å². The van der Waals surface area contributed by atoms with Crippen molar-refractivity contribution in [3.8, 4) is 11.5 Å². The number of carbonyl (C=O) groups excluding carboxylic acids is 1. The first-order chi connectivity index (χ1) is 15.3. The van der Waals surface area contributed by atoms with Crippen molar-refractivity contribution in [3.05, 3.63) is 75.9 Å². The van der Waals surface area contributed by atoms with Crippen LogP contribution >= 0.6 is 11.6 Å². The summed E-state index contributed by atoms with van der Waals surface area (Å²) in [5.41, 5.74) is 0.576. The second-order valence-electron chi connectivity index (χ2n) is 7.46. The van der Waals surface area contributed by atoms with E-state index in [1.54, 1.807) is 24.3 Å². The van der Waals surface area contributed by atoms with Crippen LogP contribution in [0.25, 0.3) is 22.4 Å². The molecule has 0 aliphatic carbocycles. The van der Waals surface area contributed by atoms with Crippen molar-refractivity contribution < 1.29 is 13.6 Å². The minimum absolute atomic E-state index is 0.0709. The van der Waals surface area contributed by atoms with Crippen LogP contribution < -0.4 is 5.56 Å². The zero-order valence-corrected chi connectivity index (χ0v) is 18.1. The van der Waals surface area contributed by atoms with Crippen molar-refractivity contribution in [3.63, 3.8) is 0 Å². The van der Waals surface area contributed by atoms with Gasteiger partial charge in [-0.1, -0.05) is 11.6 Å². The summed E-state index contributed by atoms with van der Waals surface area (Å²) in [5, 5.41) is 8.76. The molecule has 2 aromatic heterocycles. The van der Waals surface area contributed by atoms with Gasteiger partial charge in [0.2, 0.25) is 17.7 Å². The third-order valence-electron chi connectivity index (χ3n) is 4.90. The van der Waals surface area contributed by atoms with Crippen LogP contribution in [-0.4, -0.2) is 36.6 Å². The molecular formula is C22H19ClFN5O3. The minimum Gasteiger partial charge on any atom is -0.419 e. The van der Waals surface area contributed by atoms with E-state index in [0.717, 1.165) is 10.6 Å². The highest BCUT2D eigenvalue weighted by Gasteiger charge is 2.22. The van der Waals surface area contributed by atoms with Crippen LogP contribution in [-0.2, 0) is 17.9 Å². The Balaban J connectivity index is 1.54. The molecule has 8 nitrogen and oxygen atoms in total. The van der Waals surface area contributed by atoms with Crippen LogP contribution in [0.4, 0.5) is 4.39 Å². The van der Waals surface area contributed by atoms with Crippen molar-refractivity contribution in [2.45, 2.75) is 33.0 Å². The summed E-state index contributed by atoms with van der Waals surface area (Å²) in [6.45, 7) is 3.49. The van der Waals surface area contributed by atoms with Crippen LogP contribution in [0.2, 0.25) is 5.02 Å². The van der Waals surface area contributed by atoms with Crippen molar-refractivity contribution in [2.75, 3.05) is 0 Å². The van der Waals surface area contributed by atoms with Crippen LogP contribution in [0.1, 0.15) is 19.7 Å². The Morgan fingerprint density at radius 1 is 1.19 bits per heavy atom. The van der Waals surface area contributed by atoms with Crippen molar-refractivity contribution in [1.29, 1.82) is 0 Å². The predicted octanol–water partition coefficient (Wildman–Crippen LogP) is 3.68. The zero-order chi connectivity index (χ0) is 22.8. The van der Waals surface area contributed by atoms with Gasteiger partial charge in [-0.2, -0.15) is 0 Å². The second-order valence-corrected chi connectivity index (χ2v) is 7.90. The molecule has 0 aliphatic rings. The molecule has 0 bridgehead atoms. The number of halogens is 2. The lowest BCUT2D eigenvalue weighted by Crippen LogP contribution is -2.40. The van der Waals surface area contributed by atoms with Crippen LogP contribution in [0.5, 0.6) is 0 Å². The molecule has 32 heavy (non-hydrogen) atoms. The monoisotopic (exact) mass is 455 g/mol. The Bertz CT molecular complexity index is 1330. The number of amides is 1. The van der Waals surface area contributed by atoms with Gasteiger partial charge in [-0.25, -0.2) is 9.37 Å². The Hall–Kier alpha value is -3.59. The molecular weight excluding hydrogens is 437 g/mol. The molecule has 0 unspecified atom stereocenters. The molecule has 2 aromatic carbocycles. The molecule has 0 saturated heterocycles. The van der Waals surface area contributed by atoms with E-state index >= 15 is 0 Å². The lowest BCUT2D eigenvalue weighted by molar-refractivity contribution is -0.134. The summed E-state index contributed by atoms with van der Waals surface area (Å²) < 4.78 is 20.4. The molecule has 4 rings (SSSR count). The molecule has 0 saturated carbocycles. The fraction of sp³-hybridized carbons (Fsp3) is 0.227. The van der Waals surface area contributed by atoms with Crippen LogP contribution in [0, 0.1) is 5.82 Å². The summed E-state index contributed by atoms with van der Waals surface area (Å²) >= 11 is 5.90. The van der Waals surface area contributed by atoms with E-state index < -0.39 is 11.4 Å². The minimum atomic E-state index is -0.544. The molecule has 0 aliphatic heterocycles. The number of carbonyl (C=O) groups is 1. The molecule has 1 amide bonds. The Morgan fingerprint density at radius 2 is 1.94 bits per heavy atom. The number of nitrogens with zero attached hydrogens (tertiary/aromatic N) is 5. The third-order valence-corrected chi connectivity index (χ3v) is 5.15. The van der Waals surface area contributed by atoms with Gasteiger partial charge in [0.05, 0.1) is 23.8 Å². The van der Waals surface area contributed by atoms with Crippen molar-refractivity contribution in [2.24, 2.45) is 0 Å². The average molecular weight is 456 g/mol. The quantitative estimate of drug-likeness (QED) is 0.440. The maximum absolute atomic E-state index is 13.6. The number of fused-ring (bicyclic) bond motifs is 1. The third kappa shape index (κ3) is 4.52. The highest BCUT2D eigenvalue weighted by Crippen LogP contribution is 2.21. The summed E-state index contributed by atoms with van der Waals surface area (Å²) in [6, 6.07) is 10.5. The molecule has 2 heterocycles. The van der Waals surface area contributed by atoms with Gasteiger partial charge in [0, 0.05) is 16.6 Å². The van der Waals surface area contributed by atoms with E-state index in [2.05, 4.69) is 15.2 Å². The molecule has 0 N–H and O–H groups in total. The van der Waals surface area contributed by atoms with E-state index in [0.29, 0.717) is 22.0 Å². The Kier molecular flexibility index (Phi) is 6.00. The van der Waals surface area contributed by atoms with E-state index in [9.17, 15) is 14.0 Å². The van der Waals surface area contributed by atoms with Gasteiger partial charge >= 0.3 is 0 Å². The average Bonchev–Trinajstić information content (AvgIpc) is 3.23. The zero-order valence-electron chi connectivity index (χ0n) is 17.3. The highest BCUT2D eigenvalue weighted by molar-refractivity contribution is 6.30. The fourth-order valence-electron chi connectivity index (χ4n) is 3.21. The smallest absolute Gasteiger partial charge is 0.261 e. The van der Waals surface area contributed by atoms with Crippen LogP contribution in [0.15, 0.2) is 58.0 Å². The molecule has 0 fully saturated rings. The van der Waals surface area contributed by atoms with E-state index in [1.807, 2.05) is 13.8 Å². The van der Waals surface area contributed by atoms with Crippen molar-refractivity contribution in [1.82, 2.24) is 24.6 Å². The number of rotatable bonds is 6. The largest absolute Gasteiger partial charge is 0.419 e. The molecule has 0 radical (unpaired) electrons. The molecule has 10 heteroatoms. The van der Waals surface area contributed by atoms with E-state index in [4.69, 9.17) is 16.0 Å². The maximum atomic E-state index is 13.6. The number of hydrogen-bond acceptors (Lipinski definition) is 6. The second kappa shape index (κ2) is 8.88. The topological polar surface area (TPSA) is 94.1 Å². The molecule has 164 valence electrons. The van der Waals surface area contributed by atoms with Crippen molar-refractivity contribution >= 4 is 28.4 Å². The summed E-state index contributed by atoms with van der Waals surface area (Å²) in [4.78, 5) is 31.3. The number of benzene rings is 2. The molecule has 0 spiro atoms. The lowest BCUT2D eigenvalue weighted by Gasteiger charge is -2.25. The summed E-state index contributed by atoms with van der Waals surface area (Å²) in [6.07, 6.45) is 1.28. The first-order valence-corrected chi connectivity index (χ1v) is 10.2. The predicted molar refractivity (Wildman–Crippen MR) is 116 cm³/mol. The Morgan fingerprint density at radius 3 is 2.66 bits per heavy atom. The van der Waals surface area contributed by atoms with E-state index in [-0.39, 0.29) is 36.3 Å². The van der Waals surface area contributed by atoms with Gasteiger partial charge in [0.15, 0.2) is 0 Å². The van der Waals surface area contributed by atoms with Gasteiger partial charge in [0.25, 0.3) is 5.56 Å². The van der Waals surface area contributed by atoms with Gasteiger partial charge < -0.3 is 9.32 Å². The van der Waals surface area contributed by atoms with Gasteiger partial charge in [0.1, 0.15) is 12.4 Å². The van der Waals surface area contributed by atoms with Gasteiger partial charge in [-0.3, -0.25) is 14.2 Å². The van der Waals surface area contributed by atoms with Gasteiger partial charge in [-0.05, 0) is 56.3 Å². The summed E-state index contributed by atoms with van der Waals surface area (Å²) in [7, 11) is 0. The van der Waals surface area contributed by atoms with Crippen LogP contribution in [0.3, 0.4) is 0 Å². The van der Waals surface area contributed by atoms with E-state index in [1.165, 1.54) is 23.4 Å². The SMILES string of the molecule is CC(C)N(Cc1nnc(-c2ccc(Cl)cc2)o1)C(=O)Cn1cnc2ccc(F)cc2c1=O. The van der Waals surface area contributed by atoms with Gasteiger partial charge in [-0.15, -0.1) is 10.2 Å².